The van der Waals surface area contributed by atoms with E-state index in [0.29, 0.717) is 32.0 Å². The summed E-state index contributed by atoms with van der Waals surface area (Å²) in [6, 6.07) is 1.91. The summed E-state index contributed by atoms with van der Waals surface area (Å²) in [6.45, 7) is 9.63. The van der Waals surface area contributed by atoms with E-state index in [1.54, 1.807) is 10.5 Å². The van der Waals surface area contributed by atoms with E-state index in [2.05, 4.69) is 25.3 Å². The van der Waals surface area contributed by atoms with Crippen LogP contribution in [-0.4, -0.2) is 64.9 Å². The van der Waals surface area contributed by atoms with Crippen LogP contribution >= 0.6 is 0 Å². The van der Waals surface area contributed by atoms with E-state index < -0.39 is 10.0 Å². The molecule has 1 atom stereocenters. The summed E-state index contributed by atoms with van der Waals surface area (Å²) < 4.78 is 26.9. The van der Waals surface area contributed by atoms with Gasteiger partial charge in [-0.05, 0) is 38.7 Å². The molecule has 9 heteroatoms. The molecule has 8 nitrogen and oxygen atoms in total. The number of hydrogen-bond acceptors (Lipinski definition) is 5. The maximum absolute atomic E-state index is 12.6. The van der Waals surface area contributed by atoms with Crippen molar-refractivity contribution in [1.82, 2.24) is 24.6 Å². The van der Waals surface area contributed by atoms with Gasteiger partial charge in [0.1, 0.15) is 11.4 Å². The molecule has 1 aliphatic heterocycles. The average molecular weight is 433 g/mol. The molecule has 0 aromatic carbocycles. The summed E-state index contributed by atoms with van der Waals surface area (Å²) in [5.41, 5.74) is 3.15. The van der Waals surface area contributed by atoms with Crippen molar-refractivity contribution < 1.29 is 8.42 Å². The second kappa shape index (κ2) is 9.70. The molecule has 2 N–H and O–H groups in total. The van der Waals surface area contributed by atoms with Gasteiger partial charge in [0.05, 0.1) is 17.6 Å². The standard InChI is InChI=1S/C21H32N6O2S/c1-5-17(19-13-24-21-18(26-19)7-10-23-21)20(22-6-2)25-16-8-11-27(14-16)30(28,29)12-9-15(3)4/h5,7,10,13,15-16H,6,8-9,11-12,14H2,1-4H3,(H,22,25)(H,23,24)/b17-5-/t16-/m1/s1. The van der Waals surface area contributed by atoms with Crippen molar-refractivity contribution in [3.05, 3.63) is 30.2 Å². The Hall–Kier alpha value is -2.26. The van der Waals surface area contributed by atoms with E-state index in [1.807, 2.05) is 46.0 Å². The van der Waals surface area contributed by atoms with Crippen LogP contribution in [0.3, 0.4) is 0 Å². The molecule has 0 radical (unpaired) electrons. The van der Waals surface area contributed by atoms with E-state index in [-0.39, 0.29) is 11.8 Å². The molecule has 2 aromatic rings. The van der Waals surface area contributed by atoms with Crippen molar-refractivity contribution in [3.8, 4) is 0 Å². The molecule has 30 heavy (non-hydrogen) atoms. The highest BCUT2D eigenvalue weighted by Gasteiger charge is 2.32. The molecular weight excluding hydrogens is 400 g/mol. The van der Waals surface area contributed by atoms with E-state index >= 15 is 0 Å². The quantitative estimate of drug-likeness (QED) is 0.493. The predicted molar refractivity (Wildman–Crippen MR) is 122 cm³/mol. The first kappa shape index (κ1) is 22.4. The molecule has 164 valence electrons. The van der Waals surface area contributed by atoms with Gasteiger partial charge in [-0.15, -0.1) is 0 Å². The maximum atomic E-state index is 12.6. The number of allylic oxidation sites excluding steroid dienone is 1. The monoisotopic (exact) mass is 432 g/mol. The number of aromatic nitrogens is 3. The first-order valence-corrected chi connectivity index (χ1v) is 12.2. The fourth-order valence-electron chi connectivity index (χ4n) is 3.54. The second-order valence-corrected chi connectivity index (χ2v) is 10.1. The lowest BCUT2D eigenvalue weighted by Gasteiger charge is -2.20. The highest BCUT2D eigenvalue weighted by atomic mass is 32.2. The number of rotatable bonds is 8. The van der Waals surface area contributed by atoms with Crippen LogP contribution in [0.2, 0.25) is 0 Å². The van der Waals surface area contributed by atoms with Crippen LogP contribution in [0.15, 0.2) is 29.5 Å². The van der Waals surface area contributed by atoms with Gasteiger partial charge in [0.2, 0.25) is 10.0 Å². The zero-order valence-electron chi connectivity index (χ0n) is 18.2. The van der Waals surface area contributed by atoms with Crippen LogP contribution in [-0.2, 0) is 10.0 Å². The number of hydrogen-bond donors (Lipinski definition) is 2. The fourth-order valence-corrected chi connectivity index (χ4v) is 5.36. The molecule has 1 saturated heterocycles. The van der Waals surface area contributed by atoms with Crippen LogP contribution in [0.1, 0.15) is 46.2 Å². The summed E-state index contributed by atoms with van der Waals surface area (Å²) in [5.74, 6) is 1.31. The van der Waals surface area contributed by atoms with E-state index in [0.717, 1.165) is 34.7 Å². The average Bonchev–Trinajstić information content (AvgIpc) is 3.36. The van der Waals surface area contributed by atoms with Gasteiger partial charge in [0.25, 0.3) is 0 Å². The van der Waals surface area contributed by atoms with Crippen molar-refractivity contribution in [2.24, 2.45) is 10.9 Å². The largest absolute Gasteiger partial charge is 0.366 e. The molecule has 0 amide bonds. The topological polar surface area (TPSA) is 103 Å². The summed E-state index contributed by atoms with van der Waals surface area (Å²) >= 11 is 0. The minimum atomic E-state index is -3.22. The van der Waals surface area contributed by atoms with Crippen LogP contribution < -0.4 is 5.32 Å². The zero-order valence-corrected chi connectivity index (χ0v) is 19.0. The predicted octanol–water partition coefficient (Wildman–Crippen LogP) is 2.82. The van der Waals surface area contributed by atoms with Crippen LogP contribution in [0, 0.1) is 5.92 Å². The SMILES string of the molecule is C/C=C(\C(=NCC)N[C@@H]1CCN(S(=O)(=O)CCC(C)C)C1)c1cnc2[nH]ccc2n1. The Morgan fingerprint density at radius 3 is 2.97 bits per heavy atom. The fraction of sp³-hybridized carbons (Fsp3) is 0.571. The first-order chi connectivity index (χ1) is 14.3. The highest BCUT2D eigenvalue weighted by molar-refractivity contribution is 7.89. The van der Waals surface area contributed by atoms with Gasteiger partial charge in [-0.25, -0.2) is 18.4 Å². The maximum Gasteiger partial charge on any atom is 0.214 e. The number of fused-ring (bicyclic) bond motifs is 1. The van der Waals surface area contributed by atoms with Crippen molar-refractivity contribution in [3.63, 3.8) is 0 Å². The molecule has 3 heterocycles. The van der Waals surface area contributed by atoms with E-state index in [4.69, 9.17) is 0 Å². The number of nitrogens with zero attached hydrogens (tertiary/aromatic N) is 4. The normalized spacial score (nSPS) is 19.2. The van der Waals surface area contributed by atoms with Crippen LogP contribution in [0.4, 0.5) is 0 Å². The summed E-state index contributed by atoms with van der Waals surface area (Å²) in [5, 5.41) is 3.48. The third-order valence-corrected chi connectivity index (χ3v) is 7.11. The second-order valence-electron chi connectivity index (χ2n) is 7.98. The van der Waals surface area contributed by atoms with Gasteiger partial charge < -0.3 is 10.3 Å². The zero-order chi connectivity index (χ0) is 21.7. The molecule has 0 bridgehead atoms. The van der Waals surface area contributed by atoms with Gasteiger partial charge in [-0.2, -0.15) is 4.31 Å². The number of H-pyrrole nitrogens is 1. The molecule has 0 saturated carbocycles. The van der Waals surface area contributed by atoms with E-state index in [9.17, 15) is 8.42 Å². The Bertz CT molecular complexity index is 1030. The van der Waals surface area contributed by atoms with Crippen LogP contribution in [0.25, 0.3) is 16.7 Å². The number of aliphatic imine (C=N–C) groups is 1. The number of sulfonamides is 1. The Morgan fingerprint density at radius 2 is 2.27 bits per heavy atom. The number of nitrogens with one attached hydrogen (secondary N) is 2. The molecule has 0 unspecified atom stereocenters. The molecule has 1 aliphatic rings. The number of aromatic amines is 1. The van der Waals surface area contributed by atoms with Crippen molar-refractivity contribution in [2.45, 2.75) is 46.6 Å². The smallest absolute Gasteiger partial charge is 0.214 e. The Kier molecular flexibility index (Phi) is 7.25. The lowest BCUT2D eigenvalue weighted by molar-refractivity contribution is 0.462. The Morgan fingerprint density at radius 1 is 1.47 bits per heavy atom. The minimum absolute atomic E-state index is 0.0167. The van der Waals surface area contributed by atoms with Gasteiger partial charge >= 0.3 is 0 Å². The summed E-state index contributed by atoms with van der Waals surface area (Å²) in [4.78, 5) is 16.8. The summed E-state index contributed by atoms with van der Waals surface area (Å²) in [7, 11) is -3.22. The van der Waals surface area contributed by atoms with Crippen LogP contribution in [0.5, 0.6) is 0 Å². The van der Waals surface area contributed by atoms with Gasteiger partial charge in [0, 0.05) is 37.4 Å². The molecular formula is C21H32N6O2S. The van der Waals surface area contributed by atoms with Gasteiger partial charge in [-0.1, -0.05) is 19.9 Å². The molecule has 1 fully saturated rings. The highest BCUT2D eigenvalue weighted by Crippen LogP contribution is 2.20. The van der Waals surface area contributed by atoms with Gasteiger partial charge in [0.15, 0.2) is 5.65 Å². The van der Waals surface area contributed by atoms with E-state index in [1.165, 1.54) is 0 Å². The lowest BCUT2D eigenvalue weighted by atomic mass is 10.1. The minimum Gasteiger partial charge on any atom is -0.366 e. The third-order valence-electron chi connectivity index (χ3n) is 5.24. The van der Waals surface area contributed by atoms with Crippen molar-refractivity contribution in [2.75, 3.05) is 25.4 Å². The lowest BCUT2D eigenvalue weighted by Crippen LogP contribution is -2.39. The van der Waals surface area contributed by atoms with Crippen molar-refractivity contribution >= 4 is 32.6 Å². The van der Waals surface area contributed by atoms with Crippen molar-refractivity contribution in [1.29, 1.82) is 0 Å². The molecule has 0 aliphatic carbocycles. The Labute approximate surface area is 179 Å². The Balaban J connectivity index is 1.73. The van der Waals surface area contributed by atoms with Gasteiger partial charge in [-0.3, -0.25) is 4.99 Å². The molecule has 0 spiro atoms. The number of amidine groups is 1. The summed E-state index contributed by atoms with van der Waals surface area (Å²) in [6.07, 6.45) is 6.95. The molecule has 3 rings (SSSR count). The first-order valence-electron chi connectivity index (χ1n) is 10.6. The third kappa shape index (κ3) is 5.26. The molecule has 2 aromatic heterocycles.